The van der Waals surface area contributed by atoms with Crippen LogP contribution >= 0.6 is 0 Å². The van der Waals surface area contributed by atoms with E-state index in [9.17, 15) is 0 Å². The molecule has 0 radical (unpaired) electrons. The average molecular weight is 371 g/mol. The Balaban J connectivity index is 1.46. The van der Waals surface area contributed by atoms with Gasteiger partial charge in [-0.3, -0.25) is 0 Å². The van der Waals surface area contributed by atoms with Crippen molar-refractivity contribution < 1.29 is 4.74 Å². The van der Waals surface area contributed by atoms with Crippen molar-refractivity contribution in [2.75, 3.05) is 6.61 Å². The number of unbranched alkanes of at least 4 members (excludes halogenated alkanes) is 1. The van der Waals surface area contributed by atoms with E-state index >= 15 is 0 Å². The van der Waals surface area contributed by atoms with Gasteiger partial charge in [0, 0.05) is 0 Å². The SMILES string of the molecule is CCCCOc1ccc(C2CCC(C3CCC(CCC)CC3C)CC2)cc1. The van der Waals surface area contributed by atoms with E-state index in [0.29, 0.717) is 0 Å². The molecular formula is C26H42O. The van der Waals surface area contributed by atoms with Crippen LogP contribution in [0.1, 0.15) is 103 Å². The van der Waals surface area contributed by atoms with Crippen molar-refractivity contribution in [3.63, 3.8) is 0 Å². The van der Waals surface area contributed by atoms with E-state index in [4.69, 9.17) is 4.74 Å². The smallest absolute Gasteiger partial charge is 0.119 e. The quantitative estimate of drug-likeness (QED) is 0.421. The van der Waals surface area contributed by atoms with Crippen LogP contribution in [-0.4, -0.2) is 6.61 Å². The molecule has 3 unspecified atom stereocenters. The van der Waals surface area contributed by atoms with Gasteiger partial charge in [0.2, 0.25) is 0 Å². The molecule has 2 aliphatic carbocycles. The molecule has 0 spiro atoms. The van der Waals surface area contributed by atoms with Crippen LogP contribution in [0.2, 0.25) is 0 Å². The van der Waals surface area contributed by atoms with Gasteiger partial charge in [-0.05, 0) is 92.2 Å². The van der Waals surface area contributed by atoms with Gasteiger partial charge < -0.3 is 4.74 Å². The van der Waals surface area contributed by atoms with Gasteiger partial charge in [0.25, 0.3) is 0 Å². The van der Waals surface area contributed by atoms with E-state index in [-0.39, 0.29) is 0 Å². The topological polar surface area (TPSA) is 9.23 Å². The Morgan fingerprint density at radius 3 is 2.26 bits per heavy atom. The summed E-state index contributed by atoms with van der Waals surface area (Å²) in [6.45, 7) is 7.96. The van der Waals surface area contributed by atoms with E-state index in [0.717, 1.165) is 48.4 Å². The molecule has 1 nitrogen and oxygen atoms in total. The molecule has 0 aliphatic heterocycles. The van der Waals surface area contributed by atoms with Crippen molar-refractivity contribution >= 4 is 0 Å². The van der Waals surface area contributed by atoms with Crippen LogP contribution in [0.5, 0.6) is 5.75 Å². The van der Waals surface area contributed by atoms with E-state index in [1.54, 1.807) is 0 Å². The molecule has 3 atom stereocenters. The van der Waals surface area contributed by atoms with E-state index in [1.807, 2.05) is 0 Å². The minimum atomic E-state index is 0.776. The standard InChI is InChI=1S/C26H42O/c1-4-6-18-27-25-15-13-23(14-16-25)22-9-11-24(12-10-22)26-17-8-21(7-5-2)19-20(26)3/h13-16,20-22,24,26H,4-12,17-19H2,1-3H3. The van der Waals surface area contributed by atoms with E-state index in [1.165, 1.54) is 69.8 Å². The molecule has 0 amide bonds. The molecule has 1 heteroatoms. The van der Waals surface area contributed by atoms with Gasteiger partial charge in [0.15, 0.2) is 0 Å². The molecular weight excluding hydrogens is 328 g/mol. The second-order valence-electron chi connectivity index (χ2n) is 9.49. The van der Waals surface area contributed by atoms with Crippen molar-refractivity contribution in [1.29, 1.82) is 0 Å². The Morgan fingerprint density at radius 1 is 0.889 bits per heavy atom. The predicted octanol–water partition coefficient (Wildman–Crippen LogP) is 7.99. The van der Waals surface area contributed by atoms with Crippen molar-refractivity contribution in [2.45, 2.75) is 97.3 Å². The van der Waals surface area contributed by atoms with Gasteiger partial charge in [-0.15, -0.1) is 0 Å². The van der Waals surface area contributed by atoms with Gasteiger partial charge in [-0.2, -0.15) is 0 Å². The fourth-order valence-electron chi connectivity index (χ4n) is 5.95. The Hall–Kier alpha value is -0.980. The first-order chi connectivity index (χ1) is 13.2. The molecule has 152 valence electrons. The molecule has 0 N–H and O–H groups in total. The molecule has 2 saturated carbocycles. The van der Waals surface area contributed by atoms with Gasteiger partial charge >= 0.3 is 0 Å². The maximum absolute atomic E-state index is 5.82. The van der Waals surface area contributed by atoms with E-state index < -0.39 is 0 Å². The zero-order valence-electron chi connectivity index (χ0n) is 18.1. The van der Waals surface area contributed by atoms with Crippen LogP contribution in [0.25, 0.3) is 0 Å². The third kappa shape index (κ3) is 5.75. The summed E-state index contributed by atoms with van der Waals surface area (Å²) in [7, 11) is 0. The van der Waals surface area contributed by atoms with Crippen molar-refractivity contribution in [1.82, 2.24) is 0 Å². The van der Waals surface area contributed by atoms with Crippen LogP contribution < -0.4 is 4.74 Å². The maximum atomic E-state index is 5.82. The summed E-state index contributed by atoms with van der Waals surface area (Å²) in [5.41, 5.74) is 1.54. The molecule has 0 bridgehead atoms. The molecule has 0 saturated heterocycles. The lowest BCUT2D eigenvalue weighted by Crippen LogP contribution is -2.31. The summed E-state index contributed by atoms with van der Waals surface area (Å²) in [4.78, 5) is 0. The molecule has 3 rings (SSSR count). The summed E-state index contributed by atoms with van der Waals surface area (Å²) in [5, 5.41) is 0. The minimum absolute atomic E-state index is 0.776. The molecule has 1 aromatic rings. The van der Waals surface area contributed by atoms with E-state index in [2.05, 4.69) is 45.0 Å². The largest absolute Gasteiger partial charge is 0.494 e. The first kappa shape index (κ1) is 20.7. The fraction of sp³-hybridized carbons (Fsp3) is 0.769. The van der Waals surface area contributed by atoms with Crippen LogP contribution in [-0.2, 0) is 0 Å². The second kappa shape index (κ2) is 10.5. The monoisotopic (exact) mass is 370 g/mol. The highest BCUT2D eigenvalue weighted by Gasteiger charge is 2.34. The highest BCUT2D eigenvalue weighted by atomic mass is 16.5. The number of benzene rings is 1. The second-order valence-corrected chi connectivity index (χ2v) is 9.49. The molecule has 0 aromatic heterocycles. The summed E-state index contributed by atoms with van der Waals surface area (Å²) in [6.07, 6.45) is 15.4. The summed E-state index contributed by atoms with van der Waals surface area (Å²) >= 11 is 0. The van der Waals surface area contributed by atoms with Crippen molar-refractivity contribution in [2.24, 2.45) is 23.7 Å². The Labute approximate surface area is 168 Å². The molecule has 0 heterocycles. The van der Waals surface area contributed by atoms with Gasteiger partial charge in [0.05, 0.1) is 6.61 Å². The lowest BCUT2D eigenvalue weighted by atomic mass is 9.64. The number of ether oxygens (including phenoxy) is 1. The van der Waals surface area contributed by atoms with Crippen LogP contribution in [0.15, 0.2) is 24.3 Å². The Kier molecular flexibility index (Phi) is 8.09. The zero-order chi connectivity index (χ0) is 19.1. The third-order valence-electron chi connectivity index (χ3n) is 7.54. The molecule has 2 fully saturated rings. The van der Waals surface area contributed by atoms with Crippen molar-refractivity contribution in [3.8, 4) is 5.75 Å². The highest BCUT2D eigenvalue weighted by Crippen LogP contribution is 2.46. The average Bonchev–Trinajstić information content (AvgIpc) is 2.69. The Morgan fingerprint density at radius 2 is 1.63 bits per heavy atom. The van der Waals surface area contributed by atoms with Crippen molar-refractivity contribution in [3.05, 3.63) is 29.8 Å². The van der Waals surface area contributed by atoms with Crippen LogP contribution in [0, 0.1) is 23.7 Å². The van der Waals surface area contributed by atoms with Gasteiger partial charge in [-0.1, -0.05) is 58.6 Å². The number of rotatable bonds is 8. The van der Waals surface area contributed by atoms with Crippen LogP contribution in [0.4, 0.5) is 0 Å². The minimum Gasteiger partial charge on any atom is -0.494 e. The predicted molar refractivity (Wildman–Crippen MR) is 116 cm³/mol. The fourth-order valence-corrected chi connectivity index (χ4v) is 5.95. The van der Waals surface area contributed by atoms with Crippen LogP contribution in [0.3, 0.4) is 0 Å². The zero-order valence-corrected chi connectivity index (χ0v) is 18.1. The molecule has 2 aliphatic rings. The normalized spacial score (nSPS) is 31.6. The third-order valence-corrected chi connectivity index (χ3v) is 7.54. The first-order valence-corrected chi connectivity index (χ1v) is 11.9. The maximum Gasteiger partial charge on any atom is 0.119 e. The molecule has 1 aromatic carbocycles. The molecule has 27 heavy (non-hydrogen) atoms. The summed E-state index contributed by atoms with van der Waals surface area (Å²) < 4.78 is 5.82. The summed E-state index contributed by atoms with van der Waals surface area (Å²) in [5.74, 6) is 5.80. The lowest BCUT2D eigenvalue weighted by Gasteiger charge is -2.42. The number of hydrogen-bond donors (Lipinski definition) is 0. The van der Waals surface area contributed by atoms with Gasteiger partial charge in [-0.25, -0.2) is 0 Å². The Bertz CT molecular complexity index is 526. The highest BCUT2D eigenvalue weighted by molar-refractivity contribution is 5.29. The lowest BCUT2D eigenvalue weighted by molar-refractivity contribution is 0.102. The summed E-state index contributed by atoms with van der Waals surface area (Å²) in [6, 6.07) is 9.03. The van der Waals surface area contributed by atoms with Gasteiger partial charge in [0.1, 0.15) is 5.75 Å². The first-order valence-electron chi connectivity index (χ1n) is 11.9. The number of hydrogen-bond acceptors (Lipinski definition) is 1.